The van der Waals surface area contributed by atoms with Crippen molar-refractivity contribution in [2.45, 2.75) is 0 Å². The van der Waals surface area contributed by atoms with Crippen molar-refractivity contribution in [3.8, 4) is 11.4 Å². The van der Waals surface area contributed by atoms with Gasteiger partial charge in [-0.05, 0) is 30.3 Å². The highest BCUT2D eigenvalue weighted by atomic mass is 16.5. The molecule has 0 spiro atoms. The summed E-state index contributed by atoms with van der Waals surface area (Å²) in [7, 11) is 2.02. The third-order valence-electron chi connectivity index (χ3n) is 5.43. The summed E-state index contributed by atoms with van der Waals surface area (Å²) in [6.45, 7) is 2.90. The molecule has 29 heavy (non-hydrogen) atoms. The summed E-state index contributed by atoms with van der Waals surface area (Å²) < 4.78 is 7.61. The van der Waals surface area contributed by atoms with Gasteiger partial charge in [0.1, 0.15) is 5.82 Å². The first kappa shape index (κ1) is 17.6. The van der Waals surface area contributed by atoms with Crippen LogP contribution in [0.15, 0.2) is 48.7 Å². The number of carbonyl (C=O) groups is 1. The lowest BCUT2D eigenvalue weighted by atomic mass is 10.1. The number of hydrogen-bond donors (Lipinski definition) is 1. The fraction of sp³-hybridized carbons (Fsp3) is 0.227. The summed E-state index contributed by atoms with van der Waals surface area (Å²) >= 11 is 0. The number of ether oxygens (including phenoxy) is 1. The second-order valence-electron chi connectivity index (χ2n) is 7.24. The van der Waals surface area contributed by atoms with Crippen molar-refractivity contribution in [3.05, 3.63) is 54.2 Å². The summed E-state index contributed by atoms with van der Waals surface area (Å²) in [5.74, 6) is 1.01. The smallest absolute Gasteiger partial charge is 0.248 e. The van der Waals surface area contributed by atoms with Crippen LogP contribution < -0.4 is 10.6 Å². The van der Waals surface area contributed by atoms with Gasteiger partial charge in [0.05, 0.1) is 18.7 Å². The van der Waals surface area contributed by atoms with E-state index < -0.39 is 5.91 Å². The molecule has 146 valence electrons. The predicted octanol–water partition coefficient (Wildman–Crippen LogP) is 2.72. The molecule has 0 radical (unpaired) electrons. The van der Waals surface area contributed by atoms with Gasteiger partial charge in [0.15, 0.2) is 5.82 Å². The zero-order chi connectivity index (χ0) is 20.0. The van der Waals surface area contributed by atoms with E-state index >= 15 is 0 Å². The van der Waals surface area contributed by atoms with Crippen LogP contribution >= 0.6 is 0 Å². The lowest BCUT2D eigenvalue weighted by Crippen LogP contribution is -2.37. The van der Waals surface area contributed by atoms with Crippen molar-refractivity contribution in [2.75, 3.05) is 31.2 Å². The fourth-order valence-corrected chi connectivity index (χ4v) is 3.89. The molecular weight excluding hydrogens is 366 g/mol. The summed E-state index contributed by atoms with van der Waals surface area (Å²) in [5, 5.41) is 2.09. The molecular formula is C22H21N5O2. The van der Waals surface area contributed by atoms with Crippen molar-refractivity contribution in [3.63, 3.8) is 0 Å². The topological polar surface area (TPSA) is 86.3 Å². The van der Waals surface area contributed by atoms with Gasteiger partial charge in [-0.15, -0.1) is 0 Å². The Hall–Kier alpha value is -3.45. The van der Waals surface area contributed by atoms with Crippen LogP contribution in [-0.2, 0) is 11.8 Å². The molecule has 0 atom stereocenters. The van der Waals surface area contributed by atoms with Gasteiger partial charge in [0.2, 0.25) is 5.91 Å². The highest BCUT2D eigenvalue weighted by Gasteiger charge is 2.20. The number of fused-ring (bicyclic) bond motifs is 3. The van der Waals surface area contributed by atoms with Gasteiger partial charge in [-0.2, -0.15) is 0 Å². The summed E-state index contributed by atoms with van der Waals surface area (Å²) in [5.41, 5.74) is 8.70. The standard InChI is InChI=1S/C22H21N5O2/c1-26-8-7-16-18(26)6-5-17-19(16)24-21(15-4-2-3-14(13-15)20(23)28)25-22(17)27-9-11-29-12-10-27/h2-8,13H,9-12H2,1H3,(H2,23,28). The molecule has 1 amide bonds. The van der Waals surface area contributed by atoms with Crippen molar-refractivity contribution < 1.29 is 9.53 Å². The molecule has 0 unspecified atom stereocenters. The first-order chi connectivity index (χ1) is 14.1. The Morgan fingerprint density at radius 3 is 2.69 bits per heavy atom. The number of aryl methyl sites for hydroxylation is 1. The van der Waals surface area contributed by atoms with Crippen LogP contribution in [0, 0.1) is 0 Å². The van der Waals surface area contributed by atoms with Gasteiger partial charge in [-0.1, -0.05) is 12.1 Å². The zero-order valence-corrected chi connectivity index (χ0v) is 16.1. The minimum atomic E-state index is -0.466. The van der Waals surface area contributed by atoms with Crippen LogP contribution in [0.2, 0.25) is 0 Å². The first-order valence-electron chi connectivity index (χ1n) is 9.60. The van der Waals surface area contributed by atoms with Gasteiger partial charge < -0.3 is 19.9 Å². The van der Waals surface area contributed by atoms with E-state index in [-0.39, 0.29) is 0 Å². The molecule has 4 aromatic rings. The molecule has 0 bridgehead atoms. The van der Waals surface area contributed by atoms with Gasteiger partial charge in [0, 0.05) is 53.8 Å². The summed E-state index contributed by atoms with van der Waals surface area (Å²) in [6.07, 6.45) is 2.04. The Labute approximate surface area is 167 Å². The number of nitrogens with zero attached hydrogens (tertiary/aromatic N) is 4. The van der Waals surface area contributed by atoms with E-state index in [9.17, 15) is 4.79 Å². The SMILES string of the molecule is Cn1ccc2c3nc(-c4cccc(C(N)=O)c4)nc(N4CCOCC4)c3ccc21. The summed E-state index contributed by atoms with van der Waals surface area (Å²) in [4.78, 5) is 23.7. The minimum absolute atomic E-state index is 0.442. The molecule has 1 fully saturated rings. The number of aromatic nitrogens is 3. The molecule has 0 saturated carbocycles. The van der Waals surface area contributed by atoms with Crippen LogP contribution in [0.3, 0.4) is 0 Å². The molecule has 2 N–H and O–H groups in total. The number of carbonyl (C=O) groups excluding carboxylic acids is 1. The zero-order valence-electron chi connectivity index (χ0n) is 16.1. The number of benzene rings is 2. The monoisotopic (exact) mass is 387 g/mol. The van der Waals surface area contributed by atoms with E-state index in [0.717, 1.165) is 46.3 Å². The van der Waals surface area contributed by atoms with Crippen LogP contribution in [0.1, 0.15) is 10.4 Å². The van der Waals surface area contributed by atoms with E-state index in [1.165, 1.54) is 0 Å². The highest BCUT2D eigenvalue weighted by Crippen LogP contribution is 2.33. The lowest BCUT2D eigenvalue weighted by Gasteiger charge is -2.29. The van der Waals surface area contributed by atoms with Gasteiger partial charge >= 0.3 is 0 Å². The van der Waals surface area contributed by atoms with Gasteiger partial charge in [-0.3, -0.25) is 4.79 Å². The maximum atomic E-state index is 11.6. The molecule has 7 nitrogen and oxygen atoms in total. The number of primary amides is 1. The maximum absolute atomic E-state index is 11.6. The van der Waals surface area contributed by atoms with E-state index in [4.69, 9.17) is 20.4 Å². The molecule has 0 aliphatic carbocycles. The third-order valence-corrected chi connectivity index (χ3v) is 5.43. The van der Waals surface area contributed by atoms with E-state index in [2.05, 4.69) is 27.7 Å². The quantitative estimate of drug-likeness (QED) is 0.584. The number of rotatable bonds is 3. The van der Waals surface area contributed by atoms with Crippen molar-refractivity contribution in [1.82, 2.24) is 14.5 Å². The van der Waals surface area contributed by atoms with Gasteiger partial charge in [-0.25, -0.2) is 9.97 Å². The molecule has 1 aliphatic heterocycles. The first-order valence-corrected chi connectivity index (χ1v) is 9.60. The lowest BCUT2D eigenvalue weighted by molar-refractivity contribution is 0.100. The molecule has 1 aliphatic rings. The largest absolute Gasteiger partial charge is 0.378 e. The number of hydrogen-bond acceptors (Lipinski definition) is 5. The fourth-order valence-electron chi connectivity index (χ4n) is 3.89. The van der Waals surface area contributed by atoms with Crippen LogP contribution in [-0.4, -0.2) is 46.7 Å². The molecule has 2 aromatic carbocycles. The second-order valence-corrected chi connectivity index (χ2v) is 7.24. The molecule has 5 rings (SSSR count). The average Bonchev–Trinajstić information content (AvgIpc) is 3.15. The number of morpholine rings is 1. The number of anilines is 1. The number of nitrogens with two attached hydrogens (primary N) is 1. The summed E-state index contributed by atoms with van der Waals surface area (Å²) in [6, 6.07) is 13.4. The third kappa shape index (κ3) is 3.00. The van der Waals surface area contributed by atoms with Crippen LogP contribution in [0.4, 0.5) is 5.82 Å². The number of amides is 1. The maximum Gasteiger partial charge on any atom is 0.248 e. The van der Waals surface area contributed by atoms with E-state index in [1.54, 1.807) is 18.2 Å². The Balaban J connectivity index is 1.78. The molecule has 3 heterocycles. The minimum Gasteiger partial charge on any atom is -0.378 e. The second kappa shape index (κ2) is 6.86. The average molecular weight is 387 g/mol. The predicted molar refractivity (Wildman–Crippen MR) is 113 cm³/mol. The Morgan fingerprint density at radius 1 is 1.07 bits per heavy atom. The van der Waals surface area contributed by atoms with Gasteiger partial charge in [0.25, 0.3) is 0 Å². The van der Waals surface area contributed by atoms with E-state index in [1.807, 2.05) is 19.3 Å². The van der Waals surface area contributed by atoms with Crippen LogP contribution in [0.25, 0.3) is 33.2 Å². The van der Waals surface area contributed by atoms with E-state index in [0.29, 0.717) is 24.6 Å². The van der Waals surface area contributed by atoms with Crippen molar-refractivity contribution in [1.29, 1.82) is 0 Å². The Morgan fingerprint density at radius 2 is 1.90 bits per heavy atom. The molecule has 7 heteroatoms. The molecule has 1 saturated heterocycles. The normalized spacial score (nSPS) is 14.6. The Bertz CT molecular complexity index is 1240. The Kier molecular flexibility index (Phi) is 4.17. The molecule has 2 aromatic heterocycles. The van der Waals surface area contributed by atoms with Crippen molar-refractivity contribution >= 4 is 33.5 Å². The highest BCUT2D eigenvalue weighted by molar-refractivity contribution is 6.08. The van der Waals surface area contributed by atoms with Crippen LogP contribution in [0.5, 0.6) is 0 Å². The van der Waals surface area contributed by atoms with Crippen molar-refractivity contribution in [2.24, 2.45) is 12.8 Å².